The van der Waals surface area contributed by atoms with Gasteiger partial charge < -0.3 is 15.4 Å². The Morgan fingerprint density at radius 2 is 2.21 bits per heavy atom. The van der Waals surface area contributed by atoms with E-state index in [0.29, 0.717) is 31.6 Å². The van der Waals surface area contributed by atoms with Crippen molar-refractivity contribution in [1.82, 2.24) is 4.98 Å². The molecule has 124 valence electrons. The zero-order valence-corrected chi connectivity index (χ0v) is 13.2. The minimum atomic E-state index is -0.0558. The predicted molar refractivity (Wildman–Crippen MR) is 91.0 cm³/mol. The zero-order chi connectivity index (χ0) is 16.8. The van der Waals surface area contributed by atoms with E-state index < -0.39 is 0 Å². The van der Waals surface area contributed by atoms with Crippen LogP contribution in [0.1, 0.15) is 24.8 Å². The first kappa shape index (κ1) is 16.0. The van der Waals surface area contributed by atoms with Gasteiger partial charge in [0.25, 0.3) is 0 Å². The topological polar surface area (TPSA) is 80.3 Å². The fraction of sp³-hybridized carbons (Fsp3) is 0.278. The van der Waals surface area contributed by atoms with Crippen molar-refractivity contribution in [3.8, 4) is 5.75 Å². The lowest BCUT2D eigenvalue weighted by atomic mass is 10.0. The second kappa shape index (κ2) is 7.59. The van der Waals surface area contributed by atoms with E-state index >= 15 is 0 Å². The summed E-state index contributed by atoms with van der Waals surface area (Å²) in [6, 6.07) is 9.21. The van der Waals surface area contributed by atoms with Gasteiger partial charge in [0.2, 0.25) is 11.8 Å². The molecule has 0 aliphatic carbocycles. The largest absolute Gasteiger partial charge is 0.494 e. The summed E-state index contributed by atoms with van der Waals surface area (Å²) in [5.74, 6) is 0.758. The van der Waals surface area contributed by atoms with Gasteiger partial charge in [0.05, 0.1) is 18.5 Å². The maximum absolute atomic E-state index is 11.8. The van der Waals surface area contributed by atoms with Crippen LogP contribution >= 0.6 is 0 Å². The number of pyridine rings is 1. The number of amides is 2. The number of aryl methyl sites for hydroxylation is 1. The molecule has 1 aromatic heterocycles. The van der Waals surface area contributed by atoms with Crippen LogP contribution in [0.25, 0.3) is 0 Å². The summed E-state index contributed by atoms with van der Waals surface area (Å²) in [7, 11) is 0. The van der Waals surface area contributed by atoms with E-state index in [0.717, 1.165) is 23.4 Å². The lowest BCUT2D eigenvalue weighted by Crippen LogP contribution is -2.18. The molecular weight excluding hydrogens is 306 g/mol. The second-order valence-corrected chi connectivity index (χ2v) is 5.61. The number of nitrogens with one attached hydrogen (secondary N) is 2. The van der Waals surface area contributed by atoms with Crippen LogP contribution in [0.5, 0.6) is 5.75 Å². The number of hydrogen-bond acceptors (Lipinski definition) is 4. The molecule has 6 heteroatoms. The molecule has 0 unspecified atom stereocenters. The Kier molecular flexibility index (Phi) is 5.05. The van der Waals surface area contributed by atoms with Crippen LogP contribution in [0, 0.1) is 0 Å². The molecule has 0 saturated heterocycles. The average molecular weight is 325 g/mol. The maximum Gasteiger partial charge on any atom is 0.224 e. The Morgan fingerprint density at radius 1 is 1.29 bits per heavy atom. The molecule has 24 heavy (non-hydrogen) atoms. The first-order chi connectivity index (χ1) is 11.7. The third-order valence-electron chi connectivity index (χ3n) is 3.73. The Hall–Kier alpha value is -2.89. The van der Waals surface area contributed by atoms with Gasteiger partial charge in [-0.05, 0) is 48.7 Å². The number of ether oxygens (including phenoxy) is 1. The SMILES string of the molecule is O=C(CCCOc1ccc2c(c1)CCC(=O)N2)Nc1cccnc1. The van der Waals surface area contributed by atoms with Crippen LogP contribution in [0.15, 0.2) is 42.7 Å². The van der Waals surface area contributed by atoms with Gasteiger partial charge in [-0.3, -0.25) is 14.6 Å². The molecule has 2 amide bonds. The van der Waals surface area contributed by atoms with E-state index in [1.165, 1.54) is 0 Å². The summed E-state index contributed by atoms with van der Waals surface area (Å²) < 4.78 is 5.69. The summed E-state index contributed by atoms with van der Waals surface area (Å²) in [5.41, 5.74) is 2.64. The van der Waals surface area contributed by atoms with Gasteiger partial charge in [-0.1, -0.05) is 0 Å². The summed E-state index contributed by atoms with van der Waals surface area (Å²) in [4.78, 5) is 27.1. The molecule has 3 rings (SSSR count). The van der Waals surface area contributed by atoms with Crippen molar-refractivity contribution in [3.63, 3.8) is 0 Å². The van der Waals surface area contributed by atoms with E-state index in [9.17, 15) is 9.59 Å². The molecule has 1 aliphatic heterocycles. The van der Waals surface area contributed by atoms with Gasteiger partial charge in [0, 0.05) is 24.7 Å². The molecule has 6 nitrogen and oxygen atoms in total. The smallest absolute Gasteiger partial charge is 0.224 e. The molecule has 1 aromatic carbocycles. The molecule has 2 heterocycles. The number of anilines is 2. The molecule has 0 atom stereocenters. The maximum atomic E-state index is 11.8. The van der Waals surface area contributed by atoms with Crippen LogP contribution in [0.2, 0.25) is 0 Å². The fourth-order valence-corrected chi connectivity index (χ4v) is 2.53. The highest BCUT2D eigenvalue weighted by atomic mass is 16.5. The van der Waals surface area contributed by atoms with Crippen LogP contribution in [0.4, 0.5) is 11.4 Å². The van der Waals surface area contributed by atoms with Crippen molar-refractivity contribution in [2.75, 3.05) is 17.2 Å². The monoisotopic (exact) mass is 325 g/mol. The van der Waals surface area contributed by atoms with Gasteiger partial charge in [0.1, 0.15) is 5.75 Å². The third kappa shape index (κ3) is 4.32. The summed E-state index contributed by atoms with van der Waals surface area (Å²) in [6.07, 6.45) is 5.51. The van der Waals surface area contributed by atoms with Gasteiger partial charge in [0.15, 0.2) is 0 Å². The number of nitrogens with zero attached hydrogens (tertiary/aromatic N) is 1. The molecule has 2 aromatic rings. The van der Waals surface area contributed by atoms with Crippen LogP contribution in [-0.4, -0.2) is 23.4 Å². The molecule has 1 aliphatic rings. The van der Waals surface area contributed by atoms with Crippen molar-refractivity contribution in [3.05, 3.63) is 48.3 Å². The predicted octanol–water partition coefficient (Wildman–Crippen LogP) is 2.76. The highest BCUT2D eigenvalue weighted by Crippen LogP contribution is 2.26. The van der Waals surface area contributed by atoms with Crippen molar-refractivity contribution in [2.24, 2.45) is 0 Å². The average Bonchev–Trinajstić information content (AvgIpc) is 2.59. The minimum absolute atomic E-state index is 0.0517. The molecule has 2 N–H and O–H groups in total. The molecule has 0 fully saturated rings. The number of aromatic nitrogens is 1. The first-order valence-corrected chi connectivity index (χ1v) is 7.96. The van der Waals surface area contributed by atoms with Gasteiger partial charge >= 0.3 is 0 Å². The van der Waals surface area contributed by atoms with E-state index in [4.69, 9.17) is 4.74 Å². The van der Waals surface area contributed by atoms with Crippen molar-refractivity contribution in [1.29, 1.82) is 0 Å². The lowest BCUT2D eigenvalue weighted by Gasteiger charge is -2.17. The zero-order valence-electron chi connectivity index (χ0n) is 13.2. The molecule has 0 spiro atoms. The number of carbonyl (C=O) groups is 2. The van der Waals surface area contributed by atoms with Crippen LogP contribution in [0.3, 0.4) is 0 Å². The molecule has 0 saturated carbocycles. The van der Waals surface area contributed by atoms with E-state index in [1.54, 1.807) is 24.5 Å². The van der Waals surface area contributed by atoms with E-state index in [2.05, 4.69) is 15.6 Å². The number of carbonyl (C=O) groups excluding carboxylic acids is 2. The second-order valence-electron chi connectivity index (χ2n) is 5.61. The van der Waals surface area contributed by atoms with Crippen molar-refractivity contribution >= 4 is 23.2 Å². The minimum Gasteiger partial charge on any atom is -0.494 e. The summed E-state index contributed by atoms with van der Waals surface area (Å²) in [6.45, 7) is 0.464. The Bertz CT molecular complexity index is 732. The highest BCUT2D eigenvalue weighted by Gasteiger charge is 2.15. The number of hydrogen-bond donors (Lipinski definition) is 2. The lowest BCUT2D eigenvalue weighted by molar-refractivity contribution is -0.117. The van der Waals surface area contributed by atoms with Crippen molar-refractivity contribution < 1.29 is 14.3 Å². The van der Waals surface area contributed by atoms with Crippen LogP contribution < -0.4 is 15.4 Å². The van der Waals surface area contributed by atoms with Crippen molar-refractivity contribution in [2.45, 2.75) is 25.7 Å². The summed E-state index contributed by atoms with van der Waals surface area (Å²) in [5, 5.41) is 5.63. The summed E-state index contributed by atoms with van der Waals surface area (Å²) >= 11 is 0. The molecular formula is C18H19N3O3. The number of benzene rings is 1. The standard InChI is InChI=1S/C18H19N3O3/c22-17(20-14-3-1-9-19-12-14)4-2-10-24-15-6-7-16-13(11-15)5-8-18(23)21-16/h1,3,6-7,9,11-12H,2,4-5,8,10H2,(H,20,22)(H,21,23). The third-order valence-corrected chi connectivity index (χ3v) is 3.73. The first-order valence-electron chi connectivity index (χ1n) is 7.96. The Balaban J connectivity index is 1.42. The van der Waals surface area contributed by atoms with E-state index in [1.807, 2.05) is 18.2 Å². The number of fused-ring (bicyclic) bond motifs is 1. The van der Waals surface area contributed by atoms with Gasteiger partial charge in [-0.25, -0.2) is 0 Å². The normalized spacial score (nSPS) is 12.9. The molecule has 0 radical (unpaired) electrons. The fourth-order valence-electron chi connectivity index (χ4n) is 2.53. The molecule has 0 bridgehead atoms. The van der Waals surface area contributed by atoms with Gasteiger partial charge in [-0.2, -0.15) is 0 Å². The number of rotatable bonds is 6. The van der Waals surface area contributed by atoms with E-state index in [-0.39, 0.29) is 11.8 Å². The quantitative estimate of drug-likeness (QED) is 0.800. The Labute approximate surface area is 140 Å². The highest BCUT2D eigenvalue weighted by molar-refractivity contribution is 5.94. The van der Waals surface area contributed by atoms with Gasteiger partial charge in [-0.15, -0.1) is 0 Å². The van der Waals surface area contributed by atoms with Crippen LogP contribution in [-0.2, 0) is 16.0 Å². The Morgan fingerprint density at radius 3 is 3.04 bits per heavy atom.